The first kappa shape index (κ1) is 19.6. The molecule has 6 heteroatoms. The second-order valence-corrected chi connectivity index (χ2v) is 8.87. The van der Waals surface area contributed by atoms with Crippen LogP contribution in [0.1, 0.15) is 22.6 Å². The van der Waals surface area contributed by atoms with Crippen molar-refractivity contribution in [2.75, 3.05) is 5.32 Å². The van der Waals surface area contributed by atoms with Gasteiger partial charge < -0.3 is 10.4 Å². The lowest BCUT2D eigenvalue weighted by molar-refractivity contribution is -0.136. The van der Waals surface area contributed by atoms with Crippen LogP contribution in [0.25, 0.3) is 0 Å². The monoisotopic (exact) mass is 428 g/mol. The molecule has 5 nitrogen and oxygen atoms in total. The van der Waals surface area contributed by atoms with Gasteiger partial charge in [-0.15, -0.1) is 0 Å². The Labute approximate surface area is 184 Å². The van der Waals surface area contributed by atoms with E-state index in [-0.39, 0.29) is 12.3 Å². The first-order valence-corrected chi connectivity index (χ1v) is 10.9. The first-order valence-electron chi connectivity index (χ1n) is 10.1. The van der Waals surface area contributed by atoms with Crippen LogP contribution in [0.5, 0.6) is 0 Å². The molecule has 0 radical (unpaired) electrons. The van der Waals surface area contributed by atoms with Gasteiger partial charge in [-0.2, -0.15) is 4.99 Å². The number of hydrogen-bond donors (Lipinski definition) is 2. The van der Waals surface area contributed by atoms with Crippen LogP contribution in [0.3, 0.4) is 0 Å². The number of carboxylic acid groups (broad SMARTS) is 1. The number of amides is 1. The van der Waals surface area contributed by atoms with Gasteiger partial charge in [0.25, 0.3) is 5.91 Å². The fraction of sp³-hybridized carbons (Fsp3) is 0.160. The Morgan fingerprint density at radius 1 is 1.19 bits per heavy atom. The van der Waals surface area contributed by atoms with Crippen LogP contribution < -0.4 is 5.32 Å². The average Bonchev–Trinajstić information content (AvgIpc) is 3.28. The van der Waals surface area contributed by atoms with Crippen LogP contribution in [-0.4, -0.2) is 22.2 Å². The van der Waals surface area contributed by atoms with E-state index in [2.05, 4.69) is 52.8 Å². The number of fused-ring (bicyclic) bond motifs is 3. The molecule has 2 unspecified atom stereocenters. The third kappa shape index (κ3) is 4.11. The highest BCUT2D eigenvalue weighted by Crippen LogP contribution is 2.43. The summed E-state index contributed by atoms with van der Waals surface area (Å²) in [5, 5.41) is 12.5. The quantitative estimate of drug-likeness (QED) is 0.691. The highest BCUT2D eigenvalue weighted by molar-refractivity contribution is 8.18. The maximum Gasteiger partial charge on any atom is 0.307 e. The van der Waals surface area contributed by atoms with Gasteiger partial charge in [-0.25, -0.2) is 0 Å². The number of aliphatic carboxylic acids is 1. The Hall–Kier alpha value is -3.38. The Balaban J connectivity index is 1.26. The molecule has 2 aromatic carbocycles. The molecular formula is C25H20N2O3S. The molecule has 5 rings (SSSR count). The van der Waals surface area contributed by atoms with Gasteiger partial charge in [-0.1, -0.05) is 54.6 Å². The van der Waals surface area contributed by atoms with Crippen molar-refractivity contribution < 1.29 is 14.7 Å². The Morgan fingerprint density at radius 2 is 2.00 bits per heavy atom. The Kier molecular flexibility index (Phi) is 5.08. The molecule has 1 amide bonds. The van der Waals surface area contributed by atoms with Gasteiger partial charge in [-0.3, -0.25) is 9.59 Å². The fourth-order valence-corrected chi connectivity index (χ4v) is 5.13. The molecule has 0 aromatic heterocycles. The van der Waals surface area contributed by atoms with E-state index in [0.29, 0.717) is 21.9 Å². The van der Waals surface area contributed by atoms with E-state index in [0.717, 1.165) is 23.2 Å². The van der Waals surface area contributed by atoms with Crippen LogP contribution in [0, 0.1) is 5.92 Å². The zero-order valence-corrected chi connectivity index (χ0v) is 17.4. The lowest BCUT2D eigenvalue weighted by atomic mass is 9.86. The van der Waals surface area contributed by atoms with E-state index in [9.17, 15) is 9.59 Å². The molecule has 3 aliphatic rings. The van der Waals surface area contributed by atoms with Gasteiger partial charge in [0.2, 0.25) is 0 Å². The average molecular weight is 429 g/mol. The lowest BCUT2D eigenvalue weighted by Crippen LogP contribution is -2.07. The van der Waals surface area contributed by atoms with Crippen molar-refractivity contribution >= 4 is 34.5 Å². The SMILES string of the molecule is O=C(O)Cc1ccc(NC2=NC(=O)C(=CC3=CC4Cc5ccccc5C4C=C3)S2)cc1. The molecule has 2 atom stereocenters. The smallest absolute Gasteiger partial charge is 0.307 e. The fourth-order valence-electron chi connectivity index (χ4n) is 4.30. The zero-order chi connectivity index (χ0) is 21.4. The second-order valence-electron chi connectivity index (χ2n) is 7.84. The van der Waals surface area contributed by atoms with Gasteiger partial charge >= 0.3 is 5.97 Å². The predicted octanol–water partition coefficient (Wildman–Crippen LogP) is 4.69. The van der Waals surface area contributed by atoms with E-state index >= 15 is 0 Å². The number of nitrogens with zero attached hydrogens (tertiary/aromatic N) is 1. The molecule has 31 heavy (non-hydrogen) atoms. The number of carbonyl (C=O) groups excluding carboxylic acids is 1. The number of anilines is 1. The summed E-state index contributed by atoms with van der Waals surface area (Å²) in [4.78, 5) is 27.9. The van der Waals surface area contributed by atoms with Crippen molar-refractivity contribution in [1.82, 2.24) is 0 Å². The van der Waals surface area contributed by atoms with Crippen LogP contribution in [0.2, 0.25) is 0 Å². The number of amidine groups is 1. The summed E-state index contributed by atoms with van der Waals surface area (Å²) in [6.07, 6.45) is 9.52. The van der Waals surface area contributed by atoms with Gasteiger partial charge in [0, 0.05) is 11.6 Å². The third-order valence-electron chi connectivity index (χ3n) is 5.71. The normalized spacial score (nSPS) is 22.7. The molecule has 154 valence electrons. The summed E-state index contributed by atoms with van der Waals surface area (Å²) in [6, 6.07) is 15.7. The van der Waals surface area contributed by atoms with Crippen molar-refractivity contribution in [2.45, 2.75) is 18.8 Å². The highest BCUT2D eigenvalue weighted by atomic mass is 32.2. The maximum atomic E-state index is 12.4. The summed E-state index contributed by atoms with van der Waals surface area (Å²) in [5.74, 6) is -0.266. The summed E-state index contributed by atoms with van der Waals surface area (Å²) in [7, 11) is 0. The van der Waals surface area contributed by atoms with Crippen molar-refractivity contribution in [2.24, 2.45) is 10.9 Å². The van der Waals surface area contributed by atoms with Crippen LogP contribution in [0.15, 0.2) is 88.3 Å². The predicted molar refractivity (Wildman–Crippen MR) is 123 cm³/mol. The Bertz CT molecular complexity index is 1190. The number of thioether (sulfide) groups is 1. The Morgan fingerprint density at radius 3 is 2.81 bits per heavy atom. The minimum atomic E-state index is -0.865. The lowest BCUT2D eigenvalue weighted by Gasteiger charge is -2.18. The molecule has 1 aliphatic heterocycles. The van der Waals surface area contributed by atoms with Gasteiger partial charge in [0.05, 0.1) is 11.3 Å². The van der Waals surface area contributed by atoms with E-state index in [1.165, 1.54) is 22.9 Å². The van der Waals surface area contributed by atoms with E-state index < -0.39 is 5.97 Å². The third-order valence-corrected chi connectivity index (χ3v) is 6.61. The summed E-state index contributed by atoms with van der Waals surface area (Å²) >= 11 is 1.32. The van der Waals surface area contributed by atoms with Crippen molar-refractivity contribution in [3.8, 4) is 0 Å². The summed E-state index contributed by atoms with van der Waals surface area (Å²) in [6.45, 7) is 0. The zero-order valence-electron chi connectivity index (χ0n) is 16.6. The molecule has 1 heterocycles. The molecule has 0 spiro atoms. The van der Waals surface area contributed by atoms with Crippen LogP contribution in [0.4, 0.5) is 5.69 Å². The summed E-state index contributed by atoms with van der Waals surface area (Å²) in [5.41, 5.74) is 5.33. The highest BCUT2D eigenvalue weighted by Gasteiger charge is 2.31. The van der Waals surface area contributed by atoms with Crippen molar-refractivity contribution in [1.29, 1.82) is 0 Å². The molecule has 2 aliphatic carbocycles. The number of carbonyl (C=O) groups is 2. The number of carboxylic acids is 1. The molecular weight excluding hydrogens is 408 g/mol. The van der Waals surface area contributed by atoms with Gasteiger partial charge in [0.1, 0.15) is 0 Å². The van der Waals surface area contributed by atoms with Crippen molar-refractivity contribution in [3.63, 3.8) is 0 Å². The number of allylic oxidation sites excluding steroid dienone is 5. The minimum Gasteiger partial charge on any atom is -0.481 e. The number of aliphatic imine (C=N–C) groups is 1. The van der Waals surface area contributed by atoms with Crippen LogP contribution in [-0.2, 0) is 22.4 Å². The standard InChI is InChI=1S/C25H20N2O3S/c28-23(29)13-15-5-8-19(9-6-15)26-25-27-24(30)22(31-25)12-16-7-10-21-18(11-16)14-17-3-1-2-4-20(17)21/h1-12,18,21H,13-14H2,(H,28,29)(H,26,27,30). The topological polar surface area (TPSA) is 78.8 Å². The number of benzene rings is 2. The molecule has 0 saturated carbocycles. The van der Waals surface area contributed by atoms with Crippen LogP contribution >= 0.6 is 11.8 Å². The second kappa shape index (κ2) is 8.04. The molecule has 0 fully saturated rings. The number of rotatable bonds is 4. The van der Waals surface area contributed by atoms with E-state index in [1.807, 2.05) is 6.08 Å². The maximum absolute atomic E-state index is 12.4. The number of nitrogens with one attached hydrogen (secondary N) is 1. The van der Waals surface area contributed by atoms with E-state index in [4.69, 9.17) is 5.11 Å². The van der Waals surface area contributed by atoms with Gasteiger partial charge in [-0.05, 0) is 64.6 Å². The first-order chi connectivity index (χ1) is 15.0. The molecule has 0 bridgehead atoms. The molecule has 0 saturated heterocycles. The molecule has 2 N–H and O–H groups in total. The molecule has 2 aromatic rings. The minimum absolute atomic E-state index is 0.0170. The largest absolute Gasteiger partial charge is 0.481 e. The van der Waals surface area contributed by atoms with Crippen molar-refractivity contribution in [3.05, 3.63) is 100 Å². The number of hydrogen-bond acceptors (Lipinski definition) is 4. The summed E-state index contributed by atoms with van der Waals surface area (Å²) < 4.78 is 0. The van der Waals surface area contributed by atoms with E-state index in [1.54, 1.807) is 24.3 Å². The van der Waals surface area contributed by atoms with Gasteiger partial charge in [0.15, 0.2) is 5.17 Å².